The number of hydrogen-bond donors (Lipinski definition) is 0. The number of nitrogens with zero attached hydrogens (tertiary/aromatic N) is 2. The molecular formula is C37H22N2O2. The molecule has 0 saturated carbocycles. The zero-order valence-corrected chi connectivity index (χ0v) is 21.9. The number of benzene rings is 6. The molecule has 6 aromatic carbocycles. The Morgan fingerprint density at radius 3 is 1.46 bits per heavy atom. The summed E-state index contributed by atoms with van der Waals surface area (Å²) in [6.45, 7) is 0. The molecule has 0 saturated heterocycles. The van der Waals surface area contributed by atoms with Crippen molar-refractivity contribution in [1.29, 1.82) is 0 Å². The average Bonchev–Trinajstić information content (AvgIpc) is 3.52. The molecule has 9 aromatic rings. The fourth-order valence-electron chi connectivity index (χ4n) is 6.56. The Labute approximate surface area is 233 Å². The molecule has 0 aliphatic heterocycles. The first kappa shape index (κ1) is 22.2. The third kappa shape index (κ3) is 3.07. The van der Waals surface area contributed by atoms with Crippen LogP contribution in [-0.2, 0) is 0 Å². The summed E-state index contributed by atoms with van der Waals surface area (Å²) >= 11 is 0. The summed E-state index contributed by atoms with van der Waals surface area (Å²) in [6.07, 6.45) is 0. The fourth-order valence-corrected chi connectivity index (χ4v) is 6.56. The lowest BCUT2D eigenvalue weighted by Crippen LogP contribution is -2.01. The van der Waals surface area contributed by atoms with Gasteiger partial charge in [0, 0.05) is 49.8 Å². The average molecular weight is 527 g/mol. The van der Waals surface area contributed by atoms with Gasteiger partial charge in [0.2, 0.25) is 0 Å². The molecule has 192 valence electrons. The minimum absolute atomic E-state index is 0.326. The highest BCUT2D eigenvalue weighted by Crippen LogP contribution is 2.39. The van der Waals surface area contributed by atoms with E-state index in [1.807, 2.05) is 42.5 Å². The van der Waals surface area contributed by atoms with Gasteiger partial charge in [0.15, 0.2) is 0 Å². The maximum atomic E-state index is 13.5. The number of rotatable bonds is 2. The van der Waals surface area contributed by atoms with Gasteiger partial charge in [-0.05, 0) is 54.6 Å². The van der Waals surface area contributed by atoms with Gasteiger partial charge in [-0.15, -0.1) is 0 Å². The molecule has 41 heavy (non-hydrogen) atoms. The summed E-state index contributed by atoms with van der Waals surface area (Å²) in [5, 5.41) is 6.83. The van der Waals surface area contributed by atoms with Crippen molar-refractivity contribution in [2.45, 2.75) is 0 Å². The lowest BCUT2D eigenvalue weighted by molar-refractivity contribution is 0.570. The highest BCUT2D eigenvalue weighted by Gasteiger charge is 2.19. The number of aromatic nitrogens is 2. The van der Waals surface area contributed by atoms with E-state index in [0.717, 1.165) is 65.8 Å². The molecule has 0 unspecified atom stereocenters. The normalized spacial score (nSPS) is 12.0. The summed E-state index contributed by atoms with van der Waals surface area (Å²) < 4.78 is 10.6. The van der Waals surface area contributed by atoms with Crippen LogP contribution < -0.4 is 5.63 Å². The first-order chi connectivity index (χ1) is 20.3. The molecule has 4 nitrogen and oxygen atoms in total. The van der Waals surface area contributed by atoms with Crippen molar-refractivity contribution in [2.75, 3.05) is 0 Å². The number of fused-ring (bicyclic) bond motifs is 9. The first-order valence-corrected chi connectivity index (χ1v) is 13.7. The summed E-state index contributed by atoms with van der Waals surface area (Å²) in [6, 6.07) is 45.9. The SMILES string of the molecule is O=c1oc2cc3c(cc2c2cc4c(cc12)c1ccccc1n4-c1ccccc1)c1ccccc1n3-c1ccccc1. The zero-order chi connectivity index (χ0) is 27.1. The topological polar surface area (TPSA) is 40.1 Å². The molecule has 0 bridgehead atoms. The molecule has 0 N–H and O–H groups in total. The molecular weight excluding hydrogens is 504 g/mol. The summed E-state index contributed by atoms with van der Waals surface area (Å²) in [4.78, 5) is 13.5. The van der Waals surface area contributed by atoms with E-state index in [-0.39, 0.29) is 5.63 Å². The molecule has 0 aliphatic carbocycles. The Hall–Kier alpha value is -5.61. The van der Waals surface area contributed by atoms with Crippen LogP contribution in [0.25, 0.3) is 76.7 Å². The van der Waals surface area contributed by atoms with E-state index in [0.29, 0.717) is 11.0 Å². The Morgan fingerprint density at radius 2 is 0.878 bits per heavy atom. The van der Waals surface area contributed by atoms with E-state index in [9.17, 15) is 4.79 Å². The van der Waals surface area contributed by atoms with Crippen LogP contribution in [0.2, 0.25) is 0 Å². The Morgan fingerprint density at radius 1 is 0.390 bits per heavy atom. The minimum Gasteiger partial charge on any atom is -0.422 e. The van der Waals surface area contributed by atoms with E-state index in [1.54, 1.807) is 0 Å². The predicted octanol–water partition coefficient (Wildman–Crippen LogP) is 9.14. The van der Waals surface area contributed by atoms with Crippen LogP contribution in [0.1, 0.15) is 0 Å². The van der Waals surface area contributed by atoms with Gasteiger partial charge in [0.25, 0.3) is 0 Å². The van der Waals surface area contributed by atoms with Crippen LogP contribution in [0.3, 0.4) is 0 Å². The van der Waals surface area contributed by atoms with Crippen LogP contribution in [0.5, 0.6) is 0 Å². The van der Waals surface area contributed by atoms with Gasteiger partial charge in [0.05, 0.1) is 27.5 Å². The number of hydrogen-bond acceptors (Lipinski definition) is 2. The standard InChI is InChI=1S/C37H22N2O2/c40-37-31-20-29-26-16-8-9-17-32(26)38(23-11-3-1-4-12-23)34(29)21-27(31)30-19-28-25-15-7-10-18-33(25)39(24-13-5-2-6-14-24)35(28)22-36(30)41-37/h1-22H. The van der Waals surface area contributed by atoms with Crippen LogP contribution in [-0.4, -0.2) is 9.13 Å². The molecule has 0 aliphatic rings. The molecule has 3 heterocycles. The van der Waals surface area contributed by atoms with E-state index >= 15 is 0 Å². The van der Waals surface area contributed by atoms with Crippen molar-refractivity contribution in [2.24, 2.45) is 0 Å². The molecule has 0 fully saturated rings. The maximum absolute atomic E-state index is 13.5. The van der Waals surface area contributed by atoms with Crippen molar-refractivity contribution in [3.63, 3.8) is 0 Å². The highest BCUT2D eigenvalue weighted by atomic mass is 16.4. The van der Waals surface area contributed by atoms with Gasteiger partial charge in [-0.25, -0.2) is 4.79 Å². The molecule has 0 radical (unpaired) electrons. The molecule has 0 atom stereocenters. The molecule has 0 amide bonds. The van der Waals surface area contributed by atoms with Crippen molar-refractivity contribution in [3.05, 3.63) is 144 Å². The third-order valence-corrected chi connectivity index (χ3v) is 8.33. The number of para-hydroxylation sites is 4. The monoisotopic (exact) mass is 526 g/mol. The van der Waals surface area contributed by atoms with Crippen LogP contribution in [0, 0.1) is 0 Å². The molecule has 0 spiro atoms. The van der Waals surface area contributed by atoms with Crippen molar-refractivity contribution in [3.8, 4) is 11.4 Å². The quantitative estimate of drug-likeness (QED) is 0.166. The van der Waals surface area contributed by atoms with E-state index in [1.165, 1.54) is 0 Å². The second-order valence-electron chi connectivity index (χ2n) is 10.5. The third-order valence-electron chi connectivity index (χ3n) is 8.33. The Kier molecular flexibility index (Phi) is 4.44. The van der Waals surface area contributed by atoms with Gasteiger partial charge in [-0.3, -0.25) is 0 Å². The lowest BCUT2D eigenvalue weighted by atomic mass is 10.0. The van der Waals surface area contributed by atoms with E-state index in [2.05, 4.69) is 100 Å². The van der Waals surface area contributed by atoms with Crippen LogP contribution in [0.15, 0.2) is 143 Å². The summed E-state index contributed by atoms with van der Waals surface area (Å²) in [5.41, 5.74) is 6.68. The fraction of sp³-hybridized carbons (Fsp3) is 0. The van der Waals surface area contributed by atoms with Gasteiger partial charge in [-0.2, -0.15) is 0 Å². The van der Waals surface area contributed by atoms with Gasteiger partial charge in [-0.1, -0.05) is 72.8 Å². The Bertz CT molecular complexity index is 2540. The van der Waals surface area contributed by atoms with Gasteiger partial charge < -0.3 is 13.6 Å². The maximum Gasteiger partial charge on any atom is 0.344 e. The van der Waals surface area contributed by atoms with Crippen LogP contribution in [0.4, 0.5) is 0 Å². The summed E-state index contributed by atoms with van der Waals surface area (Å²) in [7, 11) is 0. The second kappa shape index (κ2) is 8.20. The van der Waals surface area contributed by atoms with Gasteiger partial charge >= 0.3 is 5.63 Å². The van der Waals surface area contributed by atoms with Crippen molar-refractivity contribution in [1.82, 2.24) is 9.13 Å². The molecule has 4 heteroatoms. The smallest absolute Gasteiger partial charge is 0.344 e. The first-order valence-electron chi connectivity index (χ1n) is 13.7. The zero-order valence-electron chi connectivity index (χ0n) is 21.9. The van der Waals surface area contributed by atoms with Crippen molar-refractivity contribution < 1.29 is 4.42 Å². The largest absolute Gasteiger partial charge is 0.422 e. The second-order valence-corrected chi connectivity index (χ2v) is 10.5. The predicted molar refractivity (Wildman–Crippen MR) is 169 cm³/mol. The summed E-state index contributed by atoms with van der Waals surface area (Å²) in [5.74, 6) is 0. The molecule has 3 aromatic heterocycles. The minimum atomic E-state index is -0.326. The molecule has 9 rings (SSSR count). The van der Waals surface area contributed by atoms with E-state index in [4.69, 9.17) is 4.42 Å². The van der Waals surface area contributed by atoms with Crippen LogP contribution >= 0.6 is 0 Å². The Balaban J connectivity index is 1.46. The lowest BCUT2D eigenvalue weighted by Gasteiger charge is -2.10. The van der Waals surface area contributed by atoms with E-state index < -0.39 is 0 Å². The highest BCUT2D eigenvalue weighted by molar-refractivity contribution is 6.20. The van der Waals surface area contributed by atoms with Gasteiger partial charge in [0.1, 0.15) is 5.58 Å². The van der Waals surface area contributed by atoms with Crippen molar-refractivity contribution >= 4 is 65.4 Å².